The molecule has 0 radical (unpaired) electrons. The van der Waals surface area contributed by atoms with E-state index in [2.05, 4.69) is 4.98 Å². The number of aryl methyl sites for hydroxylation is 1. The molecule has 0 atom stereocenters. The van der Waals surface area contributed by atoms with Crippen LogP contribution >= 0.6 is 0 Å². The zero-order valence-electron chi connectivity index (χ0n) is 8.19. The van der Waals surface area contributed by atoms with E-state index in [-0.39, 0.29) is 5.69 Å². The Balaban J connectivity index is 2.89. The van der Waals surface area contributed by atoms with Crippen molar-refractivity contribution in [3.8, 4) is 0 Å². The van der Waals surface area contributed by atoms with Gasteiger partial charge in [-0.3, -0.25) is 0 Å². The summed E-state index contributed by atoms with van der Waals surface area (Å²) in [4.78, 5) is 14.7. The molecule has 3 N–H and O–H groups in total. The van der Waals surface area contributed by atoms with Gasteiger partial charge < -0.3 is 10.8 Å². The lowest BCUT2D eigenvalue weighted by Gasteiger charge is -2.06. The van der Waals surface area contributed by atoms with Gasteiger partial charge in [-0.1, -0.05) is 12.1 Å². The number of hydrogen-bond donors (Lipinski definition) is 2. The first-order valence-corrected chi connectivity index (χ1v) is 4.48. The van der Waals surface area contributed by atoms with Crippen molar-refractivity contribution in [3.05, 3.63) is 35.7 Å². The average Bonchev–Trinajstić information content (AvgIpc) is 2.23. The highest BCUT2D eigenvalue weighted by molar-refractivity contribution is 6.05. The number of fused-ring (bicyclic) bond motifs is 1. The summed E-state index contributed by atoms with van der Waals surface area (Å²) in [7, 11) is 0. The number of carboxylic acid groups (broad SMARTS) is 1. The topological polar surface area (TPSA) is 76.2 Å². The Morgan fingerprint density at radius 2 is 2.07 bits per heavy atom. The van der Waals surface area contributed by atoms with E-state index in [0.29, 0.717) is 11.1 Å². The lowest BCUT2D eigenvalue weighted by atomic mass is 10.0. The Kier molecular flexibility index (Phi) is 2.04. The van der Waals surface area contributed by atoms with Crippen LogP contribution < -0.4 is 5.73 Å². The number of nitrogens with zero attached hydrogens (tertiary/aromatic N) is 1. The zero-order valence-corrected chi connectivity index (χ0v) is 8.19. The van der Waals surface area contributed by atoms with Crippen LogP contribution in [0.15, 0.2) is 24.4 Å². The van der Waals surface area contributed by atoms with Crippen LogP contribution in [0.4, 0.5) is 5.69 Å². The second kappa shape index (κ2) is 3.24. The molecular formula is C11H10N2O2. The molecule has 2 rings (SSSR count). The summed E-state index contributed by atoms with van der Waals surface area (Å²) in [6.45, 7) is 1.88. The van der Waals surface area contributed by atoms with Gasteiger partial charge in [-0.05, 0) is 18.6 Å². The van der Waals surface area contributed by atoms with Gasteiger partial charge in [-0.2, -0.15) is 0 Å². The molecule has 2 aromatic rings. The van der Waals surface area contributed by atoms with Crippen LogP contribution in [-0.2, 0) is 0 Å². The number of rotatable bonds is 1. The lowest BCUT2D eigenvalue weighted by molar-refractivity contribution is 0.0693. The predicted octanol–water partition coefficient (Wildman–Crippen LogP) is 1.82. The summed E-state index contributed by atoms with van der Waals surface area (Å²) in [5.41, 5.74) is 7.45. The van der Waals surface area contributed by atoms with Crippen LogP contribution in [-0.4, -0.2) is 16.1 Å². The van der Waals surface area contributed by atoms with E-state index in [0.717, 1.165) is 10.9 Å². The fourth-order valence-corrected chi connectivity index (χ4v) is 1.56. The van der Waals surface area contributed by atoms with Crippen LogP contribution in [0.3, 0.4) is 0 Å². The molecule has 0 saturated heterocycles. The van der Waals surface area contributed by atoms with Crippen LogP contribution in [0.5, 0.6) is 0 Å². The first-order valence-electron chi connectivity index (χ1n) is 4.48. The van der Waals surface area contributed by atoms with Crippen LogP contribution in [0.2, 0.25) is 0 Å². The lowest BCUT2D eigenvalue weighted by Crippen LogP contribution is -2.02. The normalized spacial score (nSPS) is 10.5. The average molecular weight is 202 g/mol. The maximum Gasteiger partial charge on any atom is 0.355 e. The number of nitrogen functional groups attached to an aromatic ring is 1. The number of carbonyl (C=O) groups is 1. The second-order valence-corrected chi connectivity index (χ2v) is 3.36. The molecule has 4 nitrogen and oxygen atoms in total. The van der Waals surface area contributed by atoms with Gasteiger partial charge in [0.1, 0.15) is 0 Å². The number of aromatic nitrogens is 1. The van der Waals surface area contributed by atoms with E-state index in [4.69, 9.17) is 10.8 Å². The molecule has 15 heavy (non-hydrogen) atoms. The SMILES string of the molecule is Cc1ccc2c(C(=O)O)nccc2c1N. The molecule has 1 aromatic carbocycles. The number of pyridine rings is 1. The van der Waals surface area contributed by atoms with Crippen molar-refractivity contribution in [2.75, 3.05) is 5.73 Å². The van der Waals surface area contributed by atoms with Gasteiger partial charge in [-0.15, -0.1) is 0 Å². The van der Waals surface area contributed by atoms with Crippen molar-refractivity contribution in [2.24, 2.45) is 0 Å². The summed E-state index contributed by atoms with van der Waals surface area (Å²) < 4.78 is 0. The third-order valence-corrected chi connectivity index (χ3v) is 2.41. The standard InChI is InChI=1S/C11H10N2O2/c1-6-2-3-8-7(9(6)12)4-5-13-10(8)11(14)15/h2-5H,12H2,1H3,(H,14,15). The van der Waals surface area contributed by atoms with E-state index in [9.17, 15) is 4.79 Å². The third kappa shape index (κ3) is 1.40. The molecule has 0 aliphatic carbocycles. The molecule has 0 saturated carbocycles. The molecule has 0 bridgehead atoms. The van der Waals surface area contributed by atoms with Crippen molar-refractivity contribution in [2.45, 2.75) is 6.92 Å². The third-order valence-electron chi connectivity index (χ3n) is 2.41. The summed E-state index contributed by atoms with van der Waals surface area (Å²) in [6.07, 6.45) is 1.46. The van der Waals surface area contributed by atoms with E-state index in [1.165, 1.54) is 6.20 Å². The monoisotopic (exact) mass is 202 g/mol. The van der Waals surface area contributed by atoms with E-state index < -0.39 is 5.97 Å². The smallest absolute Gasteiger partial charge is 0.355 e. The first kappa shape index (κ1) is 9.45. The van der Waals surface area contributed by atoms with E-state index in [1.54, 1.807) is 18.2 Å². The van der Waals surface area contributed by atoms with Gasteiger partial charge in [0.2, 0.25) is 0 Å². The predicted molar refractivity (Wildman–Crippen MR) is 57.9 cm³/mol. The van der Waals surface area contributed by atoms with Gasteiger partial charge in [0, 0.05) is 22.7 Å². The minimum Gasteiger partial charge on any atom is -0.476 e. The molecule has 0 amide bonds. The van der Waals surface area contributed by atoms with Crippen molar-refractivity contribution in [3.63, 3.8) is 0 Å². The Labute approximate surface area is 86.4 Å². The van der Waals surface area contributed by atoms with Crippen molar-refractivity contribution in [1.82, 2.24) is 4.98 Å². The molecular weight excluding hydrogens is 192 g/mol. The van der Waals surface area contributed by atoms with Crippen LogP contribution in [0.1, 0.15) is 16.1 Å². The molecule has 0 spiro atoms. The number of carboxylic acids is 1. The Bertz CT molecular complexity index is 550. The van der Waals surface area contributed by atoms with Crippen molar-refractivity contribution < 1.29 is 9.90 Å². The highest BCUT2D eigenvalue weighted by atomic mass is 16.4. The molecule has 0 unspecified atom stereocenters. The minimum absolute atomic E-state index is 0.0409. The molecule has 0 aliphatic heterocycles. The van der Waals surface area contributed by atoms with E-state index >= 15 is 0 Å². The Morgan fingerprint density at radius 3 is 2.73 bits per heavy atom. The van der Waals surface area contributed by atoms with Crippen molar-refractivity contribution in [1.29, 1.82) is 0 Å². The number of aromatic carboxylic acids is 1. The molecule has 0 aliphatic rings. The Morgan fingerprint density at radius 1 is 1.33 bits per heavy atom. The van der Waals surface area contributed by atoms with Crippen LogP contribution in [0.25, 0.3) is 10.8 Å². The summed E-state index contributed by atoms with van der Waals surface area (Å²) in [5.74, 6) is -1.04. The zero-order chi connectivity index (χ0) is 11.0. The molecule has 76 valence electrons. The maximum atomic E-state index is 10.9. The summed E-state index contributed by atoms with van der Waals surface area (Å²) in [5, 5.41) is 10.3. The van der Waals surface area contributed by atoms with Gasteiger partial charge in [-0.25, -0.2) is 9.78 Å². The van der Waals surface area contributed by atoms with Gasteiger partial charge in [0.15, 0.2) is 5.69 Å². The van der Waals surface area contributed by atoms with Crippen LogP contribution in [0, 0.1) is 6.92 Å². The fourth-order valence-electron chi connectivity index (χ4n) is 1.56. The second-order valence-electron chi connectivity index (χ2n) is 3.36. The highest BCUT2D eigenvalue weighted by Crippen LogP contribution is 2.25. The fraction of sp³-hybridized carbons (Fsp3) is 0.0909. The minimum atomic E-state index is -1.04. The molecule has 4 heteroatoms. The highest BCUT2D eigenvalue weighted by Gasteiger charge is 2.11. The quantitative estimate of drug-likeness (QED) is 0.691. The van der Waals surface area contributed by atoms with Crippen molar-refractivity contribution >= 4 is 22.4 Å². The number of anilines is 1. The largest absolute Gasteiger partial charge is 0.476 e. The summed E-state index contributed by atoms with van der Waals surface area (Å²) >= 11 is 0. The first-order chi connectivity index (χ1) is 7.11. The molecule has 0 fully saturated rings. The maximum absolute atomic E-state index is 10.9. The Hall–Kier alpha value is -2.10. The number of benzene rings is 1. The summed E-state index contributed by atoms with van der Waals surface area (Å²) in [6, 6.07) is 5.26. The van der Waals surface area contributed by atoms with Gasteiger partial charge in [0.25, 0.3) is 0 Å². The molecule has 1 aromatic heterocycles. The van der Waals surface area contributed by atoms with Gasteiger partial charge in [0.05, 0.1) is 0 Å². The van der Waals surface area contributed by atoms with Gasteiger partial charge >= 0.3 is 5.97 Å². The van der Waals surface area contributed by atoms with E-state index in [1.807, 2.05) is 6.92 Å². The number of nitrogens with two attached hydrogens (primary N) is 1. The molecule has 1 heterocycles. The number of hydrogen-bond acceptors (Lipinski definition) is 3.